The highest BCUT2D eigenvalue weighted by atomic mass is 16.5. The topological polar surface area (TPSA) is 74.9 Å². The van der Waals surface area contributed by atoms with Crippen molar-refractivity contribution < 1.29 is 14.3 Å². The van der Waals surface area contributed by atoms with Crippen LogP contribution in [0.25, 0.3) is 0 Å². The number of allylic oxidation sites excluding steroid dienone is 1. The number of hydrogen-bond donors (Lipinski definition) is 3. The van der Waals surface area contributed by atoms with E-state index in [4.69, 9.17) is 9.47 Å². The highest BCUT2D eigenvalue weighted by Crippen LogP contribution is 2.39. The summed E-state index contributed by atoms with van der Waals surface area (Å²) in [4.78, 5) is 12.4. The fourth-order valence-electron chi connectivity index (χ4n) is 4.24. The van der Waals surface area contributed by atoms with Crippen molar-refractivity contribution in [2.24, 2.45) is 5.92 Å². The van der Waals surface area contributed by atoms with E-state index in [0.717, 1.165) is 55.2 Å². The number of rotatable bonds is 4. The van der Waals surface area contributed by atoms with E-state index >= 15 is 0 Å². The number of ether oxygens (including phenoxy) is 2. The number of nitrogens with zero attached hydrogens (tertiary/aromatic N) is 1. The number of hydrogen-bond acceptors (Lipinski definition) is 6. The molecule has 4 rings (SSSR count). The van der Waals surface area contributed by atoms with Crippen LogP contribution >= 0.6 is 0 Å². The minimum atomic E-state index is -0.126. The van der Waals surface area contributed by atoms with Crippen LogP contribution in [0.1, 0.15) is 24.3 Å². The Hall–Kier alpha value is -2.25. The summed E-state index contributed by atoms with van der Waals surface area (Å²) in [6.07, 6.45) is 3.73. The Labute approximate surface area is 153 Å². The van der Waals surface area contributed by atoms with Gasteiger partial charge in [-0.15, -0.1) is 0 Å². The van der Waals surface area contributed by atoms with E-state index in [0.29, 0.717) is 5.92 Å². The molecule has 2 saturated heterocycles. The fourth-order valence-corrected chi connectivity index (χ4v) is 4.24. The van der Waals surface area contributed by atoms with Gasteiger partial charge in [0.25, 0.3) is 0 Å². The average molecular weight is 358 g/mol. The highest BCUT2D eigenvalue weighted by molar-refractivity contribution is 5.89. The molecule has 26 heavy (non-hydrogen) atoms. The van der Waals surface area contributed by atoms with Crippen molar-refractivity contribution >= 4 is 5.91 Å². The van der Waals surface area contributed by atoms with E-state index in [1.807, 2.05) is 18.2 Å². The van der Waals surface area contributed by atoms with Crippen LogP contribution < -0.4 is 25.5 Å². The van der Waals surface area contributed by atoms with Gasteiger partial charge in [0.1, 0.15) is 17.7 Å². The molecule has 2 unspecified atom stereocenters. The standard InChI is InChI=1S/C19H26N4O3/c1-25-13-3-4-17(26-2)14(9-13)15-11-21-23-16(10-18(24)22-19(15)23)12-5-7-20-8-6-12/h3-4,9-10,12,15,19-21H,5-8,11H2,1-2H3,(H,22,24). The molecule has 2 fully saturated rings. The minimum Gasteiger partial charge on any atom is -0.497 e. The van der Waals surface area contributed by atoms with Gasteiger partial charge in [0.15, 0.2) is 0 Å². The van der Waals surface area contributed by atoms with Crippen molar-refractivity contribution in [2.45, 2.75) is 24.9 Å². The maximum Gasteiger partial charge on any atom is 0.247 e. The number of amides is 1. The summed E-state index contributed by atoms with van der Waals surface area (Å²) >= 11 is 0. The number of nitrogens with one attached hydrogen (secondary N) is 3. The molecule has 1 aromatic carbocycles. The molecule has 3 heterocycles. The lowest BCUT2D eigenvalue weighted by Gasteiger charge is -2.39. The number of methoxy groups -OCH3 is 2. The van der Waals surface area contributed by atoms with Gasteiger partial charge in [0.05, 0.1) is 14.2 Å². The zero-order valence-electron chi connectivity index (χ0n) is 15.2. The highest BCUT2D eigenvalue weighted by Gasteiger charge is 2.42. The number of hydrazine groups is 1. The smallest absolute Gasteiger partial charge is 0.247 e. The van der Waals surface area contributed by atoms with Crippen LogP contribution in [-0.4, -0.2) is 50.9 Å². The molecule has 2 atom stereocenters. The van der Waals surface area contributed by atoms with E-state index in [-0.39, 0.29) is 18.0 Å². The second-order valence-electron chi connectivity index (χ2n) is 6.99. The number of carbonyl (C=O) groups excluding carboxylic acids is 1. The largest absolute Gasteiger partial charge is 0.497 e. The van der Waals surface area contributed by atoms with E-state index < -0.39 is 0 Å². The molecule has 0 radical (unpaired) electrons. The number of fused-ring (bicyclic) bond motifs is 1. The van der Waals surface area contributed by atoms with Crippen LogP contribution in [0.4, 0.5) is 0 Å². The first kappa shape index (κ1) is 17.2. The summed E-state index contributed by atoms with van der Waals surface area (Å²) in [5.74, 6) is 2.06. The van der Waals surface area contributed by atoms with Crippen LogP contribution in [0.2, 0.25) is 0 Å². The predicted octanol–water partition coefficient (Wildman–Crippen LogP) is 0.947. The summed E-state index contributed by atoms with van der Waals surface area (Å²) < 4.78 is 11.0. The molecule has 3 aliphatic heterocycles. The van der Waals surface area contributed by atoms with Crippen molar-refractivity contribution in [3.05, 3.63) is 35.5 Å². The molecule has 0 bridgehead atoms. The second-order valence-corrected chi connectivity index (χ2v) is 6.99. The maximum atomic E-state index is 12.4. The Kier molecular flexibility index (Phi) is 4.74. The van der Waals surface area contributed by atoms with Gasteiger partial charge in [0, 0.05) is 35.7 Å². The fraction of sp³-hybridized carbons (Fsp3) is 0.526. The zero-order valence-corrected chi connectivity index (χ0v) is 15.2. The SMILES string of the molecule is COc1ccc(OC)c(C2CNN3C(C4CCNCC4)=CC(=O)NC23)c1. The first-order valence-electron chi connectivity index (χ1n) is 9.18. The third kappa shape index (κ3) is 3.01. The molecule has 0 saturated carbocycles. The van der Waals surface area contributed by atoms with Crippen molar-refractivity contribution in [2.75, 3.05) is 33.9 Å². The number of piperidine rings is 1. The molecular formula is C19H26N4O3. The van der Waals surface area contributed by atoms with Gasteiger partial charge in [-0.2, -0.15) is 0 Å². The molecule has 1 amide bonds. The Bertz CT molecular complexity index is 715. The van der Waals surface area contributed by atoms with E-state index in [9.17, 15) is 4.79 Å². The van der Waals surface area contributed by atoms with Gasteiger partial charge < -0.3 is 20.1 Å². The molecule has 7 heteroatoms. The lowest BCUT2D eigenvalue weighted by Crippen LogP contribution is -2.53. The van der Waals surface area contributed by atoms with E-state index in [1.165, 1.54) is 0 Å². The molecular weight excluding hydrogens is 332 g/mol. The van der Waals surface area contributed by atoms with Crippen molar-refractivity contribution in [1.82, 2.24) is 21.1 Å². The predicted molar refractivity (Wildman–Crippen MR) is 97.7 cm³/mol. The monoisotopic (exact) mass is 358 g/mol. The molecule has 3 aliphatic rings. The third-order valence-electron chi connectivity index (χ3n) is 5.58. The molecule has 3 N–H and O–H groups in total. The normalized spacial score (nSPS) is 26.2. The Morgan fingerprint density at radius 3 is 2.69 bits per heavy atom. The first-order chi connectivity index (χ1) is 12.7. The molecule has 0 spiro atoms. The van der Waals surface area contributed by atoms with Crippen LogP contribution in [0.3, 0.4) is 0 Å². The van der Waals surface area contributed by atoms with Gasteiger partial charge >= 0.3 is 0 Å². The molecule has 7 nitrogen and oxygen atoms in total. The summed E-state index contributed by atoms with van der Waals surface area (Å²) in [6.45, 7) is 2.72. The van der Waals surface area contributed by atoms with Crippen molar-refractivity contribution in [1.29, 1.82) is 0 Å². The Balaban J connectivity index is 1.64. The Morgan fingerprint density at radius 1 is 1.15 bits per heavy atom. The van der Waals surface area contributed by atoms with Gasteiger partial charge in [0.2, 0.25) is 5.91 Å². The van der Waals surface area contributed by atoms with Gasteiger partial charge in [-0.1, -0.05) is 0 Å². The van der Waals surface area contributed by atoms with Crippen molar-refractivity contribution in [3.63, 3.8) is 0 Å². The van der Waals surface area contributed by atoms with E-state index in [1.54, 1.807) is 20.3 Å². The second kappa shape index (κ2) is 7.17. The van der Waals surface area contributed by atoms with Crippen LogP contribution in [-0.2, 0) is 4.79 Å². The molecule has 140 valence electrons. The lowest BCUT2D eigenvalue weighted by molar-refractivity contribution is -0.119. The van der Waals surface area contributed by atoms with Gasteiger partial charge in [-0.3, -0.25) is 9.80 Å². The summed E-state index contributed by atoms with van der Waals surface area (Å²) in [7, 11) is 3.33. The Morgan fingerprint density at radius 2 is 1.96 bits per heavy atom. The van der Waals surface area contributed by atoms with Crippen LogP contribution in [0, 0.1) is 5.92 Å². The summed E-state index contributed by atoms with van der Waals surface area (Å²) in [6, 6.07) is 5.82. The summed E-state index contributed by atoms with van der Waals surface area (Å²) in [5, 5.41) is 8.66. The van der Waals surface area contributed by atoms with Crippen LogP contribution in [0.15, 0.2) is 30.0 Å². The van der Waals surface area contributed by atoms with Gasteiger partial charge in [-0.25, -0.2) is 5.43 Å². The minimum absolute atomic E-state index is 0.0182. The molecule has 0 aromatic heterocycles. The van der Waals surface area contributed by atoms with E-state index in [2.05, 4.69) is 21.1 Å². The number of carbonyl (C=O) groups is 1. The zero-order chi connectivity index (χ0) is 18.1. The molecule has 0 aliphatic carbocycles. The third-order valence-corrected chi connectivity index (χ3v) is 5.58. The quantitative estimate of drug-likeness (QED) is 0.744. The van der Waals surface area contributed by atoms with Gasteiger partial charge in [-0.05, 0) is 44.1 Å². The van der Waals surface area contributed by atoms with Crippen LogP contribution in [0.5, 0.6) is 11.5 Å². The lowest BCUT2D eigenvalue weighted by atomic mass is 9.90. The van der Waals surface area contributed by atoms with Crippen molar-refractivity contribution in [3.8, 4) is 11.5 Å². The number of benzene rings is 1. The average Bonchev–Trinajstić information content (AvgIpc) is 3.11. The molecule has 1 aromatic rings. The summed E-state index contributed by atoms with van der Waals surface area (Å²) in [5.41, 5.74) is 5.64. The maximum absolute atomic E-state index is 12.4. The first-order valence-corrected chi connectivity index (χ1v) is 9.18.